The number of esters is 1. The number of rotatable bonds is 10. The molecule has 0 bridgehead atoms. The number of carbonyl (C=O) groups excluding carboxylic acids is 1. The van der Waals surface area contributed by atoms with E-state index in [1.165, 1.54) is 36.4 Å². The summed E-state index contributed by atoms with van der Waals surface area (Å²) in [6.45, 7) is 1.99. The molecule has 0 radical (unpaired) electrons. The summed E-state index contributed by atoms with van der Waals surface area (Å²) in [5.74, 6) is -3.34. The molecule has 2 aromatic rings. The lowest BCUT2D eigenvalue weighted by atomic mass is 9.96. The summed E-state index contributed by atoms with van der Waals surface area (Å²) in [4.78, 5) is 24.4. The van der Waals surface area contributed by atoms with Gasteiger partial charge in [0, 0.05) is 12.7 Å². The molecule has 11 nitrogen and oxygen atoms in total. The van der Waals surface area contributed by atoms with Crippen LogP contribution in [0.1, 0.15) is 31.9 Å². The smallest absolute Gasteiger partial charge is 0.407 e. The van der Waals surface area contributed by atoms with Crippen molar-refractivity contribution in [3.05, 3.63) is 54.1 Å². The van der Waals surface area contributed by atoms with Gasteiger partial charge in [0.25, 0.3) is 0 Å². The van der Waals surface area contributed by atoms with Crippen LogP contribution in [-0.4, -0.2) is 95.6 Å². The predicted octanol–water partition coefficient (Wildman–Crippen LogP) is 1.89. The van der Waals surface area contributed by atoms with Gasteiger partial charge in [-0.25, -0.2) is 17.6 Å². The number of ether oxygens (including phenoxy) is 2. The Bertz CT molecular complexity index is 1390. The van der Waals surface area contributed by atoms with Gasteiger partial charge < -0.3 is 29.9 Å². The van der Waals surface area contributed by atoms with E-state index < -0.39 is 82.8 Å². The highest BCUT2D eigenvalue weighted by Gasteiger charge is 2.50. The standard InChI is InChI=1S/C27H31F4NO10S/c1-26(2,28)12-17(24(38)42-25-20(35)18(33)19(34)21(41-25)23(36)37)32-22(27(29,30)31)15-6-4-13(5-7-15)14-8-10-16(11-9-14)43(3,39)40/h4-11,17-22,25,32-35H,12H2,1-3H3,(H,36,37)/t17-,18-,19-,20+,21-,22-,25-/m0/s1. The number of alkyl halides is 4. The van der Waals surface area contributed by atoms with Crippen LogP contribution in [0.15, 0.2) is 53.4 Å². The molecule has 1 aliphatic rings. The van der Waals surface area contributed by atoms with Gasteiger partial charge in [-0.3, -0.25) is 10.1 Å². The van der Waals surface area contributed by atoms with Gasteiger partial charge >= 0.3 is 18.1 Å². The van der Waals surface area contributed by atoms with Crippen molar-refractivity contribution in [3.8, 4) is 11.1 Å². The molecule has 3 rings (SSSR count). The lowest BCUT2D eigenvalue weighted by Gasteiger charge is -2.38. The number of nitrogens with one attached hydrogen (secondary N) is 1. The first-order chi connectivity index (χ1) is 19.7. The summed E-state index contributed by atoms with van der Waals surface area (Å²) in [5, 5.41) is 41.1. The average Bonchev–Trinajstić information content (AvgIpc) is 2.89. The molecule has 0 amide bonds. The van der Waals surface area contributed by atoms with Crippen molar-refractivity contribution >= 4 is 21.8 Å². The van der Waals surface area contributed by atoms with Crippen molar-refractivity contribution in [1.29, 1.82) is 0 Å². The van der Waals surface area contributed by atoms with E-state index in [0.29, 0.717) is 11.1 Å². The molecule has 1 saturated heterocycles. The van der Waals surface area contributed by atoms with E-state index in [1.54, 1.807) is 0 Å². The van der Waals surface area contributed by atoms with Crippen LogP contribution < -0.4 is 5.32 Å². The third-order valence-electron chi connectivity index (χ3n) is 6.57. The molecule has 16 heteroatoms. The molecule has 0 unspecified atom stereocenters. The number of carboxylic acid groups (broad SMARTS) is 1. The fourth-order valence-corrected chi connectivity index (χ4v) is 5.02. The highest BCUT2D eigenvalue weighted by Crippen LogP contribution is 2.35. The number of aliphatic hydroxyl groups is 3. The Balaban J connectivity index is 1.87. The van der Waals surface area contributed by atoms with Gasteiger partial charge in [-0.2, -0.15) is 13.2 Å². The zero-order valence-corrected chi connectivity index (χ0v) is 23.8. The Morgan fingerprint density at radius 1 is 0.930 bits per heavy atom. The van der Waals surface area contributed by atoms with Crippen LogP contribution in [0.4, 0.5) is 17.6 Å². The average molecular weight is 638 g/mol. The molecule has 0 aromatic heterocycles. The number of sulfone groups is 1. The van der Waals surface area contributed by atoms with Gasteiger partial charge in [0.05, 0.1) is 4.90 Å². The fraction of sp³-hybridized carbons (Fsp3) is 0.481. The molecule has 1 fully saturated rings. The second-order valence-electron chi connectivity index (χ2n) is 10.7. The van der Waals surface area contributed by atoms with Crippen LogP contribution in [0, 0.1) is 0 Å². The zero-order chi connectivity index (χ0) is 32.5. The number of aliphatic hydroxyl groups excluding tert-OH is 3. The summed E-state index contributed by atoms with van der Waals surface area (Å²) < 4.78 is 90.4. The van der Waals surface area contributed by atoms with Gasteiger partial charge in [-0.1, -0.05) is 36.4 Å². The zero-order valence-electron chi connectivity index (χ0n) is 23.0. The van der Waals surface area contributed by atoms with Gasteiger partial charge in [-0.15, -0.1) is 0 Å². The molecular formula is C27H31F4NO10S. The van der Waals surface area contributed by atoms with E-state index in [0.717, 1.165) is 32.2 Å². The number of halogens is 4. The van der Waals surface area contributed by atoms with Crippen LogP contribution in [0.2, 0.25) is 0 Å². The third kappa shape index (κ3) is 8.70. The first-order valence-electron chi connectivity index (χ1n) is 12.7. The van der Waals surface area contributed by atoms with Crippen molar-refractivity contribution in [2.45, 2.75) is 79.8 Å². The summed E-state index contributed by atoms with van der Waals surface area (Å²) >= 11 is 0. The highest BCUT2D eigenvalue weighted by atomic mass is 32.2. The Morgan fingerprint density at radius 3 is 1.88 bits per heavy atom. The van der Waals surface area contributed by atoms with E-state index in [2.05, 4.69) is 0 Å². The van der Waals surface area contributed by atoms with E-state index in [9.17, 15) is 50.9 Å². The Hall–Kier alpha value is -3.15. The van der Waals surface area contributed by atoms with Crippen LogP contribution in [0.3, 0.4) is 0 Å². The SMILES string of the molecule is CC(C)(F)C[C@H](N[C@@H](c1ccc(-c2ccc(S(C)(=O)=O)cc2)cc1)C(F)(F)F)C(=O)O[C@@H]1O[C@H](C(=O)O)[C@@H](O)[C@H](O)[C@H]1O. The summed E-state index contributed by atoms with van der Waals surface area (Å²) in [6, 6.07) is 5.99. The van der Waals surface area contributed by atoms with Crippen molar-refractivity contribution in [2.24, 2.45) is 0 Å². The van der Waals surface area contributed by atoms with Crippen LogP contribution in [0.5, 0.6) is 0 Å². The van der Waals surface area contributed by atoms with Crippen molar-refractivity contribution in [3.63, 3.8) is 0 Å². The lowest BCUT2D eigenvalue weighted by molar-refractivity contribution is -0.287. The molecule has 43 heavy (non-hydrogen) atoms. The summed E-state index contributed by atoms with van der Waals surface area (Å²) in [6.07, 6.45) is -15.7. The van der Waals surface area contributed by atoms with Crippen molar-refractivity contribution in [1.82, 2.24) is 5.32 Å². The van der Waals surface area contributed by atoms with Crippen LogP contribution in [0.25, 0.3) is 11.1 Å². The quantitative estimate of drug-likeness (QED) is 0.190. The van der Waals surface area contributed by atoms with Gasteiger partial charge in [0.15, 0.2) is 15.9 Å². The minimum atomic E-state index is -5.02. The van der Waals surface area contributed by atoms with Crippen molar-refractivity contribution < 1.29 is 65.5 Å². The minimum Gasteiger partial charge on any atom is -0.479 e. The van der Waals surface area contributed by atoms with Crippen LogP contribution >= 0.6 is 0 Å². The Kier molecular flexibility index (Phi) is 10.3. The molecule has 2 aromatic carbocycles. The maximum atomic E-state index is 14.6. The molecule has 238 valence electrons. The fourth-order valence-electron chi connectivity index (χ4n) is 4.39. The number of hydrogen-bond acceptors (Lipinski definition) is 10. The maximum absolute atomic E-state index is 14.6. The van der Waals surface area contributed by atoms with Gasteiger partial charge in [0.1, 0.15) is 36.1 Å². The largest absolute Gasteiger partial charge is 0.479 e. The number of aliphatic carboxylic acids is 1. The molecule has 5 N–H and O–H groups in total. The number of carboxylic acids is 1. The summed E-state index contributed by atoms with van der Waals surface area (Å²) in [7, 11) is -3.46. The topological polar surface area (TPSA) is 180 Å². The van der Waals surface area contributed by atoms with E-state index >= 15 is 0 Å². The molecular weight excluding hydrogens is 606 g/mol. The number of benzene rings is 2. The molecule has 7 atom stereocenters. The third-order valence-corrected chi connectivity index (χ3v) is 7.70. The molecule has 1 aliphatic heterocycles. The second kappa shape index (κ2) is 12.8. The molecule has 1 heterocycles. The Labute approximate surface area is 244 Å². The predicted molar refractivity (Wildman–Crippen MR) is 141 cm³/mol. The van der Waals surface area contributed by atoms with Crippen molar-refractivity contribution in [2.75, 3.05) is 6.26 Å². The number of hydrogen-bond donors (Lipinski definition) is 5. The maximum Gasteiger partial charge on any atom is 0.407 e. The lowest BCUT2D eigenvalue weighted by Crippen LogP contribution is -2.61. The van der Waals surface area contributed by atoms with Gasteiger partial charge in [-0.05, 0) is 42.7 Å². The number of carbonyl (C=O) groups is 2. The summed E-state index contributed by atoms with van der Waals surface area (Å²) in [5.41, 5.74) is -1.64. The Morgan fingerprint density at radius 2 is 1.44 bits per heavy atom. The normalized spacial score (nSPS) is 24.7. The van der Waals surface area contributed by atoms with E-state index in [4.69, 9.17) is 14.6 Å². The van der Waals surface area contributed by atoms with E-state index in [1.807, 2.05) is 5.32 Å². The van der Waals surface area contributed by atoms with E-state index in [-0.39, 0.29) is 10.5 Å². The second-order valence-corrected chi connectivity index (χ2v) is 12.7. The molecule has 0 aliphatic carbocycles. The monoisotopic (exact) mass is 637 g/mol. The first kappa shape index (κ1) is 34.3. The molecule has 0 saturated carbocycles. The van der Waals surface area contributed by atoms with Crippen LogP contribution in [-0.2, 0) is 28.9 Å². The van der Waals surface area contributed by atoms with Gasteiger partial charge in [0.2, 0.25) is 6.29 Å². The first-order valence-corrected chi connectivity index (χ1v) is 14.6. The molecule has 0 spiro atoms. The highest BCUT2D eigenvalue weighted by molar-refractivity contribution is 7.90. The minimum absolute atomic E-state index is 0.0539.